The van der Waals surface area contributed by atoms with Crippen molar-refractivity contribution in [3.05, 3.63) is 34.6 Å². The van der Waals surface area contributed by atoms with Crippen molar-refractivity contribution in [2.75, 3.05) is 13.2 Å². The average Bonchev–Trinajstić information content (AvgIpc) is 2.30. The molecule has 1 aromatic carbocycles. The van der Waals surface area contributed by atoms with Crippen LogP contribution in [0.4, 0.5) is 4.39 Å². The summed E-state index contributed by atoms with van der Waals surface area (Å²) in [4.78, 5) is 11.9. The van der Waals surface area contributed by atoms with Crippen LogP contribution in [0.3, 0.4) is 0 Å². The highest BCUT2D eigenvalue weighted by atomic mass is 35.5. The zero-order chi connectivity index (χ0) is 12.3. The molecule has 92 valence electrons. The minimum atomic E-state index is -0.533. The number of Topliss-reactive ketones (excluding diaryl/α,β-unsaturated/α-hetero) is 1. The first-order valence-electron chi connectivity index (χ1n) is 5.73. The van der Waals surface area contributed by atoms with Crippen molar-refractivity contribution in [3.8, 4) is 0 Å². The quantitative estimate of drug-likeness (QED) is 0.774. The molecular weight excluding hydrogens is 243 g/mol. The van der Waals surface area contributed by atoms with Gasteiger partial charge in [-0.25, -0.2) is 4.39 Å². The number of ether oxygens (including phenoxy) is 1. The maximum absolute atomic E-state index is 13.5. The van der Waals surface area contributed by atoms with E-state index in [2.05, 4.69) is 0 Å². The molecule has 0 spiro atoms. The van der Waals surface area contributed by atoms with Crippen molar-refractivity contribution in [1.29, 1.82) is 0 Å². The van der Waals surface area contributed by atoms with Gasteiger partial charge in [0.2, 0.25) is 0 Å². The highest BCUT2D eigenvalue weighted by Gasteiger charge is 2.20. The van der Waals surface area contributed by atoms with Crippen LogP contribution in [0.5, 0.6) is 0 Å². The zero-order valence-electron chi connectivity index (χ0n) is 9.42. The third kappa shape index (κ3) is 3.27. The number of ketones is 1. The first kappa shape index (κ1) is 12.5. The lowest BCUT2D eigenvalue weighted by Crippen LogP contribution is -2.19. The van der Waals surface area contributed by atoms with Crippen LogP contribution in [-0.4, -0.2) is 19.0 Å². The van der Waals surface area contributed by atoms with Crippen LogP contribution in [0.1, 0.15) is 29.6 Å². The number of carbonyl (C=O) groups excluding carboxylic acids is 1. The summed E-state index contributed by atoms with van der Waals surface area (Å²) in [5.74, 6) is -0.369. The number of benzene rings is 1. The standard InChI is InChI=1S/C13H14ClFO2/c14-10-1-2-11(12(15)8-10)13(16)7-9-3-5-17-6-4-9/h1-2,8-9H,3-7H2. The van der Waals surface area contributed by atoms with Crippen LogP contribution in [0, 0.1) is 11.7 Å². The van der Waals surface area contributed by atoms with Crippen LogP contribution < -0.4 is 0 Å². The van der Waals surface area contributed by atoms with Gasteiger partial charge in [-0.3, -0.25) is 4.79 Å². The topological polar surface area (TPSA) is 26.3 Å². The summed E-state index contributed by atoms with van der Waals surface area (Å²) in [5.41, 5.74) is 0.140. The fourth-order valence-electron chi connectivity index (χ4n) is 2.04. The number of carbonyl (C=O) groups is 1. The van der Waals surface area contributed by atoms with E-state index in [1.54, 1.807) is 6.07 Å². The lowest BCUT2D eigenvalue weighted by Gasteiger charge is -2.21. The second-order valence-corrected chi connectivity index (χ2v) is 4.74. The first-order chi connectivity index (χ1) is 8.16. The second kappa shape index (κ2) is 5.61. The number of rotatable bonds is 3. The molecule has 4 heteroatoms. The molecule has 0 unspecified atom stereocenters. The minimum Gasteiger partial charge on any atom is -0.381 e. The molecule has 0 N–H and O–H groups in total. The van der Waals surface area contributed by atoms with Crippen molar-refractivity contribution >= 4 is 17.4 Å². The molecule has 1 saturated heterocycles. The van der Waals surface area contributed by atoms with Crippen LogP contribution >= 0.6 is 11.6 Å². The van der Waals surface area contributed by atoms with Gasteiger partial charge < -0.3 is 4.74 Å². The normalized spacial score (nSPS) is 17.1. The molecule has 17 heavy (non-hydrogen) atoms. The van der Waals surface area contributed by atoms with Crippen molar-refractivity contribution in [3.63, 3.8) is 0 Å². The fourth-order valence-corrected chi connectivity index (χ4v) is 2.20. The Morgan fingerprint density at radius 3 is 2.76 bits per heavy atom. The monoisotopic (exact) mass is 256 g/mol. The molecule has 0 saturated carbocycles. The molecule has 1 aliphatic heterocycles. The van der Waals surface area contributed by atoms with E-state index in [9.17, 15) is 9.18 Å². The van der Waals surface area contributed by atoms with E-state index in [4.69, 9.17) is 16.3 Å². The summed E-state index contributed by atoms with van der Waals surface area (Å²) in [6.07, 6.45) is 2.14. The lowest BCUT2D eigenvalue weighted by molar-refractivity contribution is 0.0600. The number of halogens is 2. The van der Waals surface area contributed by atoms with Crippen molar-refractivity contribution in [1.82, 2.24) is 0 Å². The van der Waals surface area contributed by atoms with Crippen LogP contribution in [-0.2, 0) is 4.74 Å². The summed E-state index contributed by atoms with van der Waals surface area (Å²) in [6, 6.07) is 4.18. The van der Waals surface area contributed by atoms with Crippen LogP contribution in [0.15, 0.2) is 18.2 Å². The maximum Gasteiger partial charge on any atom is 0.166 e. The lowest BCUT2D eigenvalue weighted by atomic mass is 9.92. The van der Waals surface area contributed by atoms with E-state index in [0.29, 0.717) is 30.6 Å². The Hall–Kier alpha value is -0.930. The SMILES string of the molecule is O=C(CC1CCOCC1)c1ccc(Cl)cc1F. The van der Waals surface area contributed by atoms with E-state index in [0.717, 1.165) is 12.8 Å². The molecule has 0 atom stereocenters. The van der Waals surface area contributed by atoms with E-state index in [1.807, 2.05) is 0 Å². The third-order valence-corrected chi connectivity index (χ3v) is 3.28. The van der Waals surface area contributed by atoms with Gasteiger partial charge in [0, 0.05) is 24.7 Å². The van der Waals surface area contributed by atoms with Gasteiger partial charge in [0.25, 0.3) is 0 Å². The van der Waals surface area contributed by atoms with E-state index >= 15 is 0 Å². The minimum absolute atomic E-state index is 0.140. The Morgan fingerprint density at radius 2 is 2.12 bits per heavy atom. The molecule has 0 aliphatic carbocycles. The average molecular weight is 257 g/mol. The molecule has 0 aromatic heterocycles. The smallest absolute Gasteiger partial charge is 0.166 e. The summed E-state index contributed by atoms with van der Waals surface area (Å²) in [6.45, 7) is 1.39. The summed E-state index contributed by atoms with van der Waals surface area (Å²) in [5, 5.41) is 0.310. The van der Waals surface area contributed by atoms with Crippen LogP contribution in [0.25, 0.3) is 0 Å². The Morgan fingerprint density at radius 1 is 1.41 bits per heavy atom. The summed E-state index contributed by atoms with van der Waals surface area (Å²) >= 11 is 5.65. The number of hydrogen-bond donors (Lipinski definition) is 0. The van der Waals surface area contributed by atoms with E-state index in [-0.39, 0.29) is 11.3 Å². The highest BCUT2D eigenvalue weighted by molar-refractivity contribution is 6.30. The Bertz CT molecular complexity index is 414. The molecule has 0 bridgehead atoms. The second-order valence-electron chi connectivity index (χ2n) is 4.31. The Balaban J connectivity index is 2.03. The van der Waals surface area contributed by atoms with Gasteiger partial charge in [-0.1, -0.05) is 11.6 Å². The molecule has 0 radical (unpaired) electrons. The summed E-state index contributed by atoms with van der Waals surface area (Å²) in [7, 11) is 0. The largest absolute Gasteiger partial charge is 0.381 e. The van der Waals surface area contributed by atoms with Gasteiger partial charge in [-0.2, -0.15) is 0 Å². The Labute approximate surface area is 105 Å². The maximum atomic E-state index is 13.5. The highest BCUT2D eigenvalue weighted by Crippen LogP contribution is 2.23. The molecule has 1 heterocycles. The van der Waals surface area contributed by atoms with Crippen molar-refractivity contribution in [2.24, 2.45) is 5.92 Å². The Kier molecular flexibility index (Phi) is 4.13. The molecule has 0 amide bonds. The molecule has 2 nitrogen and oxygen atoms in total. The fraction of sp³-hybridized carbons (Fsp3) is 0.462. The first-order valence-corrected chi connectivity index (χ1v) is 6.10. The van der Waals surface area contributed by atoms with Crippen LogP contribution in [0.2, 0.25) is 5.02 Å². The molecule has 2 rings (SSSR count). The molecule has 1 aliphatic rings. The molecule has 1 aromatic rings. The van der Waals surface area contributed by atoms with Gasteiger partial charge in [0.05, 0.1) is 5.56 Å². The zero-order valence-corrected chi connectivity index (χ0v) is 10.2. The predicted octanol–water partition coefficient (Wildman–Crippen LogP) is 3.48. The molecule has 1 fully saturated rings. The van der Waals surface area contributed by atoms with E-state index in [1.165, 1.54) is 12.1 Å². The predicted molar refractivity (Wildman–Crippen MR) is 63.9 cm³/mol. The third-order valence-electron chi connectivity index (χ3n) is 3.05. The summed E-state index contributed by atoms with van der Waals surface area (Å²) < 4.78 is 18.7. The number of hydrogen-bond acceptors (Lipinski definition) is 2. The van der Waals surface area contributed by atoms with Gasteiger partial charge in [0.15, 0.2) is 5.78 Å². The van der Waals surface area contributed by atoms with E-state index < -0.39 is 5.82 Å². The van der Waals surface area contributed by atoms with Crippen molar-refractivity contribution in [2.45, 2.75) is 19.3 Å². The van der Waals surface area contributed by atoms with Crippen molar-refractivity contribution < 1.29 is 13.9 Å². The van der Waals surface area contributed by atoms with Gasteiger partial charge in [0.1, 0.15) is 5.82 Å². The van der Waals surface area contributed by atoms with Gasteiger partial charge >= 0.3 is 0 Å². The van der Waals surface area contributed by atoms with Gasteiger partial charge in [-0.05, 0) is 37.0 Å². The molecular formula is C13H14ClFO2. The van der Waals surface area contributed by atoms with Gasteiger partial charge in [-0.15, -0.1) is 0 Å².